The monoisotopic (exact) mass is 814 g/mol. The average molecular weight is 815 g/mol. The van der Waals surface area contributed by atoms with Gasteiger partial charge < -0.3 is 15.0 Å². The van der Waals surface area contributed by atoms with Crippen LogP contribution in [0.5, 0.6) is 5.75 Å². The lowest BCUT2D eigenvalue weighted by Crippen LogP contribution is -2.53. The first-order chi connectivity index (χ1) is 28.1. The highest BCUT2D eigenvalue weighted by molar-refractivity contribution is 7.15. The lowest BCUT2D eigenvalue weighted by molar-refractivity contribution is 0.0888. The number of piperazine rings is 1. The number of nitriles is 1. The Bertz CT molecular complexity index is 2400. The topological polar surface area (TPSA) is 137 Å². The zero-order chi connectivity index (χ0) is 40.1. The Morgan fingerprint density at radius 1 is 0.931 bits per heavy atom. The van der Waals surface area contributed by atoms with Gasteiger partial charge in [0.1, 0.15) is 28.7 Å². The summed E-state index contributed by atoms with van der Waals surface area (Å²) in [5.74, 6) is 3.63. The summed E-state index contributed by atoms with van der Waals surface area (Å²) in [4.78, 5) is 24.5. The van der Waals surface area contributed by atoms with Gasteiger partial charge in [-0.05, 0) is 108 Å². The molecular formula is C44H47ClN10O2S. The number of fused-ring (bicyclic) bond motifs is 3. The van der Waals surface area contributed by atoms with E-state index in [9.17, 15) is 4.79 Å². The molecule has 2 saturated carbocycles. The molecule has 4 aliphatic rings. The molecule has 2 aliphatic heterocycles. The number of halogens is 1. The first-order valence-corrected chi connectivity index (χ1v) is 21.5. The molecule has 58 heavy (non-hydrogen) atoms. The molecule has 2 aromatic carbocycles. The first kappa shape index (κ1) is 38.4. The minimum absolute atomic E-state index is 0.0397. The van der Waals surface area contributed by atoms with Crippen molar-refractivity contribution in [1.82, 2.24) is 35.2 Å². The molecule has 3 fully saturated rings. The number of amides is 1. The summed E-state index contributed by atoms with van der Waals surface area (Å²) in [6, 6.07) is 20.6. The molecule has 0 bridgehead atoms. The second-order valence-electron chi connectivity index (χ2n) is 16.1. The van der Waals surface area contributed by atoms with Crippen LogP contribution in [-0.4, -0.2) is 85.8 Å². The molecule has 5 heterocycles. The highest BCUT2D eigenvalue weighted by Gasteiger charge is 2.36. The lowest BCUT2D eigenvalue weighted by Gasteiger charge is -2.46. The first-order valence-electron chi connectivity index (χ1n) is 20.3. The van der Waals surface area contributed by atoms with E-state index >= 15 is 0 Å². The number of aryl methyl sites for hydroxylation is 2. The second-order valence-corrected chi connectivity index (χ2v) is 17.7. The van der Waals surface area contributed by atoms with Gasteiger partial charge in [-0.3, -0.25) is 19.3 Å². The number of nitrogens with zero attached hydrogens (tertiary/aromatic N) is 9. The summed E-state index contributed by atoms with van der Waals surface area (Å²) in [5.41, 5.74) is 6.83. The van der Waals surface area contributed by atoms with Gasteiger partial charge in [-0.15, -0.1) is 31.7 Å². The van der Waals surface area contributed by atoms with Crippen LogP contribution in [0.4, 0.5) is 5.82 Å². The number of carbonyl (C=O) groups excluding carboxylic acids is 1. The van der Waals surface area contributed by atoms with Crippen molar-refractivity contribution < 1.29 is 9.53 Å². The highest BCUT2D eigenvalue weighted by atomic mass is 35.5. The molecule has 5 aromatic rings. The quantitative estimate of drug-likeness (QED) is 0.167. The Kier molecular flexibility index (Phi) is 10.5. The fraction of sp³-hybridized carbons (Fsp3) is 0.432. The van der Waals surface area contributed by atoms with Crippen molar-refractivity contribution in [2.45, 2.75) is 96.4 Å². The molecule has 1 atom stereocenters. The molecule has 3 aromatic heterocycles. The van der Waals surface area contributed by atoms with Crippen LogP contribution in [0, 0.1) is 32.1 Å². The van der Waals surface area contributed by atoms with E-state index in [1.54, 1.807) is 35.6 Å². The number of hydrogen-bond donors (Lipinski definition) is 1. The Hall–Kier alpha value is -5.16. The summed E-state index contributed by atoms with van der Waals surface area (Å²) < 4.78 is 8.29. The second kappa shape index (κ2) is 15.9. The van der Waals surface area contributed by atoms with E-state index in [1.807, 2.05) is 13.0 Å². The van der Waals surface area contributed by atoms with Crippen LogP contribution >= 0.6 is 22.9 Å². The normalized spacial score (nSPS) is 23.1. The van der Waals surface area contributed by atoms with Crippen LogP contribution in [0.3, 0.4) is 0 Å². The maximum absolute atomic E-state index is 13.1. The molecule has 0 radical (unpaired) electrons. The summed E-state index contributed by atoms with van der Waals surface area (Å²) >= 11 is 7.96. The maximum atomic E-state index is 13.1. The van der Waals surface area contributed by atoms with E-state index in [0.717, 1.165) is 80.6 Å². The molecular weight excluding hydrogens is 768 g/mol. The van der Waals surface area contributed by atoms with Crippen LogP contribution in [-0.2, 0) is 0 Å². The zero-order valence-electron chi connectivity index (χ0n) is 33.3. The van der Waals surface area contributed by atoms with E-state index < -0.39 is 0 Å². The number of aromatic nitrogens is 5. The third-order valence-electron chi connectivity index (χ3n) is 12.5. The van der Waals surface area contributed by atoms with Crippen LogP contribution in [0.15, 0.2) is 59.6 Å². The molecule has 1 amide bonds. The largest absolute Gasteiger partial charge is 0.490 e. The van der Waals surface area contributed by atoms with Crippen LogP contribution in [0.25, 0.3) is 5.00 Å². The van der Waals surface area contributed by atoms with Crippen molar-refractivity contribution in [3.05, 3.63) is 110 Å². The predicted molar refractivity (Wildman–Crippen MR) is 226 cm³/mol. The van der Waals surface area contributed by atoms with Crippen LogP contribution in [0.1, 0.15) is 112 Å². The summed E-state index contributed by atoms with van der Waals surface area (Å²) in [5, 5.41) is 31.5. The van der Waals surface area contributed by atoms with E-state index in [2.05, 4.69) is 91.2 Å². The number of benzene rings is 2. The van der Waals surface area contributed by atoms with Gasteiger partial charge in [-0.2, -0.15) is 5.26 Å². The standard InChI is InChI=1S/C44H47ClN10O2S/c1-25-27(3)58-44-40(25)41(47-26(2)42-52-49-28(4)55(42)44)30-7-5-29(6-8-30)32-21-34(22-32)53-17-19-54(20-18-53)39-16-15-38(50-51-39)43(56)48-33-10-13-35(14-11-33)57-36-12-9-31(24-46)37(45)23-36/h5-9,12,15-16,23,26,32-35H,10-11,13-14,17-22H2,1-4H3,(H,48,56)/t26-,32?,33?,34?,35?/m0/s1. The lowest BCUT2D eigenvalue weighted by atomic mass is 9.74. The van der Waals surface area contributed by atoms with Gasteiger partial charge in [0.25, 0.3) is 5.91 Å². The van der Waals surface area contributed by atoms with Crippen LogP contribution in [0.2, 0.25) is 5.02 Å². The number of ether oxygens (including phenoxy) is 1. The van der Waals surface area contributed by atoms with Gasteiger partial charge in [-0.25, -0.2) is 0 Å². The van der Waals surface area contributed by atoms with Crippen molar-refractivity contribution in [3.8, 4) is 16.8 Å². The Morgan fingerprint density at radius 3 is 2.38 bits per heavy atom. The number of nitrogens with one attached hydrogen (secondary N) is 1. The minimum Gasteiger partial charge on any atom is -0.490 e. The smallest absolute Gasteiger partial charge is 0.272 e. The summed E-state index contributed by atoms with van der Waals surface area (Å²) in [6.07, 6.45) is 5.62. The molecule has 2 aliphatic carbocycles. The van der Waals surface area contributed by atoms with Crippen molar-refractivity contribution in [3.63, 3.8) is 0 Å². The molecule has 0 unspecified atom stereocenters. The minimum atomic E-state index is -0.197. The van der Waals surface area contributed by atoms with Crippen molar-refractivity contribution >= 4 is 40.4 Å². The van der Waals surface area contributed by atoms with Crippen molar-refractivity contribution in [2.75, 3.05) is 31.1 Å². The molecule has 9 rings (SSSR count). The number of anilines is 1. The number of carbonyl (C=O) groups is 1. The van der Waals surface area contributed by atoms with Crippen LogP contribution < -0.4 is 15.0 Å². The number of aliphatic imine (C=N–C) groups is 1. The number of rotatable bonds is 8. The van der Waals surface area contributed by atoms with Gasteiger partial charge in [0.2, 0.25) is 0 Å². The molecule has 12 nitrogen and oxygen atoms in total. The van der Waals surface area contributed by atoms with Crippen molar-refractivity contribution in [1.29, 1.82) is 5.26 Å². The highest BCUT2D eigenvalue weighted by Crippen LogP contribution is 2.42. The summed E-state index contributed by atoms with van der Waals surface area (Å²) in [6.45, 7) is 12.2. The van der Waals surface area contributed by atoms with Gasteiger partial charge in [0, 0.05) is 60.3 Å². The molecule has 1 N–H and O–H groups in total. The predicted octanol–water partition coefficient (Wildman–Crippen LogP) is 7.67. The van der Waals surface area contributed by atoms with Gasteiger partial charge in [0.15, 0.2) is 17.3 Å². The molecule has 1 saturated heterocycles. The average Bonchev–Trinajstić information content (AvgIpc) is 3.71. The van der Waals surface area contributed by atoms with Gasteiger partial charge >= 0.3 is 0 Å². The van der Waals surface area contributed by atoms with E-state index in [1.165, 1.54) is 39.4 Å². The van der Waals surface area contributed by atoms with Gasteiger partial charge in [-0.1, -0.05) is 35.9 Å². The Morgan fingerprint density at radius 2 is 1.69 bits per heavy atom. The number of thiophene rings is 1. The Labute approximate surface area is 347 Å². The maximum Gasteiger partial charge on any atom is 0.272 e. The summed E-state index contributed by atoms with van der Waals surface area (Å²) in [7, 11) is 0. The molecule has 14 heteroatoms. The zero-order valence-corrected chi connectivity index (χ0v) is 34.9. The SMILES string of the molecule is Cc1sc2c(c1C)C(c1ccc(C3CC(N4CCN(c5ccc(C(=O)NC6CCC(Oc7ccc(C#N)c(Cl)c7)CC6)nn5)CC4)C3)cc1)=N[C@@H](C)c1nnc(C)n1-2. The molecule has 298 valence electrons. The fourth-order valence-electron chi connectivity index (χ4n) is 8.92. The Balaban J connectivity index is 0.737. The molecule has 0 spiro atoms. The number of hydrogen-bond acceptors (Lipinski definition) is 11. The van der Waals surface area contributed by atoms with E-state index in [4.69, 9.17) is 26.6 Å². The van der Waals surface area contributed by atoms with E-state index in [0.29, 0.717) is 34.0 Å². The van der Waals surface area contributed by atoms with E-state index in [-0.39, 0.29) is 24.1 Å². The van der Waals surface area contributed by atoms with Crippen molar-refractivity contribution in [2.24, 2.45) is 4.99 Å². The third kappa shape index (κ3) is 7.38. The van der Waals surface area contributed by atoms with Gasteiger partial charge in [0.05, 0.1) is 22.4 Å². The fourth-order valence-corrected chi connectivity index (χ4v) is 10.3. The third-order valence-corrected chi connectivity index (χ3v) is 14.0.